The molecular formula is C38H50O6. The first-order chi connectivity index (χ1) is 20.4. The van der Waals surface area contributed by atoms with Crippen LogP contribution in [0.1, 0.15) is 93.6 Å². The summed E-state index contributed by atoms with van der Waals surface area (Å²) in [6, 6.07) is 3.65. The van der Waals surface area contributed by atoms with Crippen LogP contribution in [0.5, 0.6) is 11.5 Å². The number of rotatable bonds is 9. The summed E-state index contributed by atoms with van der Waals surface area (Å²) in [7, 11) is 0. The fraction of sp³-hybridized carbons (Fsp3) is 0.500. The maximum atomic E-state index is 15.1. The number of hydrogen-bond donors (Lipinski definition) is 3. The molecular weight excluding hydrogens is 552 g/mol. The second-order valence-electron chi connectivity index (χ2n) is 14.2. The molecule has 6 nitrogen and oxygen atoms in total. The van der Waals surface area contributed by atoms with Crippen molar-refractivity contribution in [1.29, 1.82) is 0 Å². The van der Waals surface area contributed by atoms with Gasteiger partial charge in [-0.3, -0.25) is 14.4 Å². The van der Waals surface area contributed by atoms with Crippen LogP contribution in [0.25, 0.3) is 5.76 Å². The Morgan fingerprint density at radius 2 is 1.52 bits per heavy atom. The standard InChI is InChI=1S/C38H50O6/c1-21(2)11-14-26-20-28(27(24(7)8)15-12-22(3)4)31-34(42)32(33(41)25-13-16-29(39)30(40)19-25)36(44)38(35(31)43,37(26,9)10)18-17-23(5)6/h11-13,16-17,19,26-28,31,39-41H,7,14-15,18,20H2,1-6,8-10H3/b33-32+/t26-,27-,28?,31?,38-/m1/s1. The zero-order valence-corrected chi connectivity index (χ0v) is 27.9. The van der Waals surface area contributed by atoms with Crippen molar-refractivity contribution in [3.05, 3.63) is 76.4 Å². The van der Waals surface area contributed by atoms with Gasteiger partial charge in [0.25, 0.3) is 0 Å². The molecule has 2 aliphatic carbocycles. The molecule has 2 fully saturated rings. The normalized spacial score (nSPS) is 26.3. The maximum Gasteiger partial charge on any atom is 0.184 e. The van der Waals surface area contributed by atoms with Crippen molar-refractivity contribution in [3.63, 3.8) is 0 Å². The van der Waals surface area contributed by atoms with Crippen molar-refractivity contribution in [2.75, 3.05) is 0 Å². The Labute approximate surface area is 263 Å². The molecule has 3 N–H and O–H groups in total. The number of phenolic OH excluding ortho intramolecular Hbond substituents is 2. The van der Waals surface area contributed by atoms with Crippen LogP contribution in [0, 0.1) is 34.5 Å². The van der Waals surface area contributed by atoms with Gasteiger partial charge in [0, 0.05) is 5.56 Å². The quantitative estimate of drug-likeness (QED) is 0.0652. The van der Waals surface area contributed by atoms with Gasteiger partial charge in [0.1, 0.15) is 16.7 Å². The van der Waals surface area contributed by atoms with Crippen molar-refractivity contribution >= 4 is 23.1 Å². The number of carbonyl (C=O) groups is 3. The van der Waals surface area contributed by atoms with Gasteiger partial charge >= 0.3 is 0 Å². The van der Waals surface area contributed by atoms with Crippen LogP contribution in [-0.2, 0) is 14.4 Å². The molecule has 1 aromatic carbocycles. The van der Waals surface area contributed by atoms with Crippen LogP contribution in [0.15, 0.2) is 70.9 Å². The van der Waals surface area contributed by atoms with E-state index in [0.29, 0.717) is 19.3 Å². The van der Waals surface area contributed by atoms with E-state index in [1.165, 1.54) is 12.1 Å². The second kappa shape index (κ2) is 13.1. The minimum atomic E-state index is -1.61. The van der Waals surface area contributed by atoms with E-state index in [4.69, 9.17) is 0 Å². The number of benzene rings is 1. The number of hydrogen-bond acceptors (Lipinski definition) is 6. The first-order valence-electron chi connectivity index (χ1n) is 15.5. The van der Waals surface area contributed by atoms with Crippen LogP contribution in [0.2, 0.25) is 0 Å². The highest BCUT2D eigenvalue weighted by Crippen LogP contribution is 2.61. The van der Waals surface area contributed by atoms with E-state index in [9.17, 15) is 24.9 Å². The average Bonchev–Trinajstić information content (AvgIpc) is 2.96. The Hall–Kier alpha value is -3.67. The van der Waals surface area contributed by atoms with Crippen molar-refractivity contribution in [1.82, 2.24) is 0 Å². The first-order valence-corrected chi connectivity index (χ1v) is 15.5. The molecule has 0 aromatic heterocycles. The van der Waals surface area contributed by atoms with E-state index in [1.54, 1.807) is 0 Å². The molecule has 0 heterocycles. The maximum absolute atomic E-state index is 15.1. The highest BCUT2D eigenvalue weighted by molar-refractivity contribution is 6.39. The van der Waals surface area contributed by atoms with Gasteiger partial charge in [0.05, 0.1) is 5.92 Å². The van der Waals surface area contributed by atoms with Crippen molar-refractivity contribution < 1.29 is 29.7 Å². The van der Waals surface area contributed by atoms with Gasteiger partial charge in [-0.25, -0.2) is 0 Å². The Kier molecular flexibility index (Phi) is 10.4. The first kappa shape index (κ1) is 34.8. The topological polar surface area (TPSA) is 112 Å². The minimum absolute atomic E-state index is 0.0110. The smallest absolute Gasteiger partial charge is 0.184 e. The molecule has 3 rings (SSSR count). The van der Waals surface area contributed by atoms with Crippen LogP contribution in [0.3, 0.4) is 0 Å². The number of allylic oxidation sites excluding steroid dienone is 8. The van der Waals surface area contributed by atoms with E-state index in [-0.39, 0.29) is 29.6 Å². The number of Topliss-reactive ketones (excluding diaryl/α,β-unsaturated/α-hetero) is 3. The third-order valence-electron chi connectivity index (χ3n) is 9.99. The molecule has 238 valence electrons. The largest absolute Gasteiger partial charge is 0.506 e. The third-order valence-corrected chi connectivity index (χ3v) is 9.99. The van der Waals surface area contributed by atoms with Crippen molar-refractivity contribution in [3.8, 4) is 11.5 Å². The van der Waals surface area contributed by atoms with Crippen LogP contribution in [0.4, 0.5) is 0 Å². The molecule has 0 saturated heterocycles. The summed E-state index contributed by atoms with van der Waals surface area (Å²) in [4.78, 5) is 44.5. The predicted molar refractivity (Wildman–Crippen MR) is 176 cm³/mol. The fourth-order valence-corrected chi connectivity index (χ4v) is 7.21. The molecule has 2 aliphatic rings. The lowest BCUT2D eigenvalue weighted by Gasteiger charge is -2.49. The number of fused-ring (bicyclic) bond motifs is 2. The Morgan fingerprint density at radius 3 is 2.05 bits per heavy atom. The molecule has 2 bridgehead atoms. The fourth-order valence-electron chi connectivity index (χ4n) is 7.21. The van der Waals surface area contributed by atoms with E-state index in [2.05, 4.69) is 18.7 Å². The van der Waals surface area contributed by atoms with Gasteiger partial charge in [0.15, 0.2) is 28.8 Å². The van der Waals surface area contributed by atoms with Crippen molar-refractivity contribution in [2.45, 2.75) is 88.0 Å². The molecule has 44 heavy (non-hydrogen) atoms. The number of aliphatic hydroxyl groups excluding tert-OH is 1. The van der Waals surface area contributed by atoms with E-state index in [0.717, 1.165) is 28.4 Å². The number of ketones is 3. The number of phenols is 2. The summed E-state index contributed by atoms with van der Waals surface area (Å²) in [6.07, 6.45) is 8.00. The summed E-state index contributed by atoms with van der Waals surface area (Å²) in [5.41, 5.74) is 1.13. The van der Waals surface area contributed by atoms with Gasteiger partial charge < -0.3 is 15.3 Å². The lowest BCUT2D eigenvalue weighted by Crippen LogP contribution is -2.60. The average molecular weight is 603 g/mol. The minimum Gasteiger partial charge on any atom is -0.506 e. The molecule has 6 heteroatoms. The van der Waals surface area contributed by atoms with Gasteiger partial charge in [-0.05, 0) is 116 Å². The lowest BCUT2D eigenvalue weighted by molar-refractivity contribution is -0.157. The zero-order chi connectivity index (χ0) is 33.3. The van der Waals surface area contributed by atoms with Crippen LogP contribution in [-0.4, -0.2) is 32.7 Å². The number of carbonyl (C=O) groups excluding carboxylic acids is 3. The highest BCUT2D eigenvalue weighted by atomic mass is 16.3. The Morgan fingerprint density at radius 1 is 0.932 bits per heavy atom. The van der Waals surface area contributed by atoms with Crippen LogP contribution < -0.4 is 0 Å². The van der Waals surface area contributed by atoms with Crippen LogP contribution >= 0.6 is 0 Å². The number of aliphatic hydroxyl groups is 1. The van der Waals surface area contributed by atoms with E-state index >= 15 is 4.79 Å². The predicted octanol–water partition coefficient (Wildman–Crippen LogP) is 8.61. The second-order valence-corrected chi connectivity index (χ2v) is 14.2. The third kappa shape index (κ3) is 6.27. The monoisotopic (exact) mass is 602 g/mol. The summed E-state index contributed by atoms with van der Waals surface area (Å²) in [5.74, 6) is -5.20. The molecule has 5 atom stereocenters. The van der Waals surface area contributed by atoms with Gasteiger partial charge in [-0.2, -0.15) is 0 Å². The lowest BCUT2D eigenvalue weighted by atomic mass is 9.50. The van der Waals surface area contributed by atoms with Gasteiger partial charge in [0.2, 0.25) is 0 Å². The van der Waals surface area contributed by atoms with Gasteiger partial charge in [-0.1, -0.05) is 60.9 Å². The van der Waals surface area contributed by atoms with E-state index < -0.39 is 57.1 Å². The Bertz CT molecular complexity index is 1470. The SMILES string of the molecule is C=C(C)[C@@H](CC=C(C)C)C1C[C@@H](CC=C(C)C)C(C)(C)[C@@]2(CC=C(C)C)C(=O)/C(=C(/O)c3ccc(O)c(O)c3)C(=O)C1C2=O. The highest BCUT2D eigenvalue weighted by Gasteiger charge is 2.68. The molecule has 2 unspecified atom stereocenters. The van der Waals surface area contributed by atoms with E-state index in [1.807, 2.05) is 68.4 Å². The number of aromatic hydroxyl groups is 2. The molecule has 2 saturated carbocycles. The molecule has 0 spiro atoms. The molecule has 1 aromatic rings. The van der Waals surface area contributed by atoms with Crippen molar-refractivity contribution in [2.24, 2.45) is 34.5 Å². The summed E-state index contributed by atoms with van der Waals surface area (Å²) < 4.78 is 0. The van der Waals surface area contributed by atoms with Gasteiger partial charge in [-0.15, -0.1) is 0 Å². The molecule has 0 radical (unpaired) electrons. The molecule has 0 aliphatic heterocycles. The zero-order valence-electron chi connectivity index (χ0n) is 27.9. The summed E-state index contributed by atoms with van der Waals surface area (Å²) >= 11 is 0. The summed E-state index contributed by atoms with van der Waals surface area (Å²) in [6.45, 7) is 22.0. The molecule has 0 amide bonds. The summed E-state index contributed by atoms with van der Waals surface area (Å²) in [5, 5.41) is 31.7. The Balaban J connectivity index is 2.49.